The molecule has 3 fully saturated rings. The number of aliphatic hydroxyl groups is 1. The number of nitrogens with zero attached hydrogens (tertiary/aromatic N) is 1. The number of hydrogen-bond donors (Lipinski definition) is 1. The van der Waals surface area contributed by atoms with Gasteiger partial charge >= 0.3 is 0 Å². The van der Waals surface area contributed by atoms with Gasteiger partial charge < -0.3 is 14.7 Å². The van der Waals surface area contributed by atoms with Crippen LogP contribution in [-0.4, -0.2) is 40.7 Å². The molecule has 2 aliphatic carbocycles. The Labute approximate surface area is 166 Å². The molecule has 0 spiro atoms. The van der Waals surface area contributed by atoms with E-state index in [1.165, 1.54) is 12.8 Å². The number of rotatable bonds is 6. The molecular weight excluding hydrogens is 362 g/mol. The molecule has 4 rings (SSSR count). The average molecular weight is 392 g/mol. The molecule has 1 heterocycles. The number of carbonyl (C=O) groups excluding carboxylic acids is 1. The Morgan fingerprint density at radius 3 is 2.63 bits per heavy atom. The molecule has 1 aromatic carbocycles. The van der Waals surface area contributed by atoms with Crippen LogP contribution in [0.25, 0.3) is 0 Å². The van der Waals surface area contributed by atoms with E-state index in [2.05, 4.69) is 4.90 Å². The minimum atomic E-state index is -0.560. The van der Waals surface area contributed by atoms with Gasteiger partial charge in [0.2, 0.25) is 5.91 Å². The van der Waals surface area contributed by atoms with Crippen LogP contribution in [0.2, 0.25) is 5.02 Å². The Balaban J connectivity index is 1.33. The Morgan fingerprint density at radius 1 is 1.22 bits per heavy atom. The first-order valence-electron chi connectivity index (χ1n) is 10.4. The van der Waals surface area contributed by atoms with E-state index >= 15 is 0 Å². The van der Waals surface area contributed by atoms with Crippen LogP contribution in [0.1, 0.15) is 57.4 Å². The van der Waals surface area contributed by atoms with Crippen molar-refractivity contribution in [2.45, 2.75) is 69.9 Å². The lowest BCUT2D eigenvalue weighted by molar-refractivity contribution is -0.134. The highest BCUT2D eigenvalue weighted by Gasteiger charge is 2.39. The van der Waals surface area contributed by atoms with Gasteiger partial charge in [-0.1, -0.05) is 17.7 Å². The standard InChI is InChI=1S/C22H30ClNO3/c1-22(26)9-6-18(7-10-22)24-11-8-17(21(24)25)12-16-4-5-19(13-20(16)23)27-14-15-2-3-15/h4-5,13,15,17-18,26H,2-3,6-12,14H2,1H3. The number of likely N-dealkylation sites (tertiary alicyclic amines) is 1. The highest BCUT2D eigenvalue weighted by Crippen LogP contribution is 2.35. The Morgan fingerprint density at radius 2 is 1.96 bits per heavy atom. The van der Waals surface area contributed by atoms with E-state index < -0.39 is 5.60 Å². The molecule has 0 radical (unpaired) electrons. The van der Waals surface area contributed by atoms with E-state index in [9.17, 15) is 9.90 Å². The van der Waals surface area contributed by atoms with Crippen LogP contribution in [-0.2, 0) is 11.2 Å². The Hall–Kier alpha value is -1.26. The molecule has 1 saturated heterocycles. The largest absolute Gasteiger partial charge is 0.493 e. The van der Waals surface area contributed by atoms with E-state index in [1.54, 1.807) is 0 Å². The SMILES string of the molecule is CC1(O)CCC(N2CCC(Cc3ccc(OCC4CC4)cc3Cl)C2=O)CC1. The average Bonchev–Trinajstić information content (AvgIpc) is 3.39. The first kappa shape index (κ1) is 19.1. The van der Waals surface area contributed by atoms with Crippen molar-refractivity contribution in [3.8, 4) is 5.75 Å². The molecule has 148 valence electrons. The minimum absolute atomic E-state index is 0.0168. The van der Waals surface area contributed by atoms with Crippen molar-refractivity contribution in [3.63, 3.8) is 0 Å². The molecule has 1 N–H and O–H groups in total. The van der Waals surface area contributed by atoms with Gasteiger partial charge in [0, 0.05) is 23.5 Å². The van der Waals surface area contributed by atoms with Crippen LogP contribution in [0.4, 0.5) is 0 Å². The molecule has 3 aliphatic rings. The first-order chi connectivity index (χ1) is 12.9. The predicted octanol–water partition coefficient (Wildman–Crippen LogP) is 4.21. The number of carbonyl (C=O) groups is 1. The third-order valence-corrected chi connectivity index (χ3v) is 6.85. The maximum absolute atomic E-state index is 12.9. The van der Waals surface area contributed by atoms with Crippen molar-refractivity contribution in [1.82, 2.24) is 4.90 Å². The highest BCUT2D eigenvalue weighted by molar-refractivity contribution is 6.31. The summed E-state index contributed by atoms with van der Waals surface area (Å²) in [5.74, 6) is 1.81. The summed E-state index contributed by atoms with van der Waals surface area (Å²) in [5, 5.41) is 10.8. The first-order valence-corrected chi connectivity index (χ1v) is 10.7. The maximum Gasteiger partial charge on any atom is 0.226 e. The van der Waals surface area contributed by atoms with Crippen molar-refractivity contribution in [1.29, 1.82) is 0 Å². The zero-order valence-corrected chi connectivity index (χ0v) is 16.9. The maximum atomic E-state index is 12.9. The van der Waals surface area contributed by atoms with Crippen molar-refractivity contribution in [3.05, 3.63) is 28.8 Å². The molecule has 1 amide bonds. The van der Waals surface area contributed by atoms with Gasteiger partial charge in [0.1, 0.15) is 5.75 Å². The van der Waals surface area contributed by atoms with Gasteiger partial charge in [0.15, 0.2) is 0 Å². The summed E-state index contributed by atoms with van der Waals surface area (Å²) in [7, 11) is 0. The van der Waals surface area contributed by atoms with Gasteiger partial charge in [-0.05, 0) is 81.9 Å². The van der Waals surface area contributed by atoms with Crippen molar-refractivity contribution < 1.29 is 14.6 Å². The smallest absolute Gasteiger partial charge is 0.226 e. The fourth-order valence-corrected chi connectivity index (χ4v) is 4.65. The Bertz CT molecular complexity index is 691. The quantitative estimate of drug-likeness (QED) is 0.790. The van der Waals surface area contributed by atoms with E-state index in [0.29, 0.717) is 17.4 Å². The summed E-state index contributed by atoms with van der Waals surface area (Å²) in [6, 6.07) is 6.17. The lowest BCUT2D eigenvalue weighted by atomic mass is 9.83. The molecule has 27 heavy (non-hydrogen) atoms. The summed E-state index contributed by atoms with van der Waals surface area (Å²) >= 11 is 6.47. The number of benzene rings is 1. The lowest BCUT2D eigenvalue weighted by Crippen LogP contribution is -2.43. The van der Waals surface area contributed by atoms with Gasteiger partial charge in [0.05, 0.1) is 12.2 Å². The topological polar surface area (TPSA) is 49.8 Å². The van der Waals surface area contributed by atoms with Gasteiger partial charge in [0.25, 0.3) is 0 Å². The lowest BCUT2D eigenvalue weighted by Gasteiger charge is -2.37. The van der Waals surface area contributed by atoms with Gasteiger partial charge in [-0.2, -0.15) is 0 Å². The second-order valence-electron chi connectivity index (χ2n) is 8.96. The predicted molar refractivity (Wildman–Crippen MR) is 106 cm³/mol. The normalized spacial score (nSPS) is 31.4. The van der Waals surface area contributed by atoms with Crippen molar-refractivity contribution >= 4 is 17.5 Å². The zero-order valence-electron chi connectivity index (χ0n) is 16.1. The molecule has 4 nitrogen and oxygen atoms in total. The minimum Gasteiger partial charge on any atom is -0.493 e. The van der Waals surface area contributed by atoms with Crippen LogP contribution in [0.5, 0.6) is 5.75 Å². The van der Waals surface area contributed by atoms with Gasteiger partial charge in [-0.3, -0.25) is 4.79 Å². The van der Waals surface area contributed by atoms with E-state index in [-0.39, 0.29) is 17.9 Å². The summed E-state index contributed by atoms with van der Waals surface area (Å²) in [6.45, 7) is 3.51. The molecule has 5 heteroatoms. The fraction of sp³-hybridized carbons (Fsp3) is 0.682. The number of hydrogen-bond acceptors (Lipinski definition) is 3. The fourth-order valence-electron chi connectivity index (χ4n) is 4.40. The second-order valence-corrected chi connectivity index (χ2v) is 9.36. The van der Waals surface area contributed by atoms with Crippen molar-refractivity contribution in [2.75, 3.05) is 13.2 Å². The van der Waals surface area contributed by atoms with Crippen LogP contribution in [0.3, 0.4) is 0 Å². The number of amides is 1. The summed E-state index contributed by atoms with van der Waals surface area (Å²) in [4.78, 5) is 15.0. The monoisotopic (exact) mass is 391 g/mol. The van der Waals surface area contributed by atoms with E-state index in [4.69, 9.17) is 16.3 Å². The van der Waals surface area contributed by atoms with Gasteiger partial charge in [-0.15, -0.1) is 0 Å². The number of ether oxygens (including phenoxy) is 1. The van der Waals surface area contributed by atoms with Crippen LogP contribution in [0.15, 0.2) is 18.2 Å². The third kappa shape index (κ3) is 4.60. The van der Waals surface area contributed by atoms with Crippen molar-refractivity contribution in [2.24, 2.45) is 11.8 Å². The van der Waals surface area contributed by atoms with Gasteiger partial charge in [-0.25, -0.2) is 0 Å². The Kier molecular flexibility index (Phi) is 5.39. The highest BCUT2D eigenvalue weighted by atomic mass is 35.5. The molecule has 1 unspecified atom stereocenters. The zero-order chi connectivity index (χ0) is 19.0. The summed E-state index contributed by atoms with van der Waals surface area (Å²) < 4.78 is 5.79. The molecule has 1 atom stereocenters. The third-order valence-electron chi connectivity index (χ3n) is 6.50. The molecule has 0 aromatic heterocycles. The number of halogens is 1. The van der Waals surface area contributed by atoms with Crippen LogP contribution < -0.4 is 4.74 Å². The molecule has 1 aromatic rings. The van der Waals surface area contributed by atoms with E-state index in [1.807, 2.05) is 25.1 Å². The molecular formula is C22H30ClNO3. The second kappa shape index (κ2) is 7.63. The molecule has 1 aliphatic heterocycles. The molecule has 2 saturated carbocycles. The summed E-state index contributed by atoms with van der Waals surface area (Å²) in [5.41, 5.74) is 0.470. The van der Waals surface area contributed by atoms with Crippen LogP contribution in [0, 0.1) is 11.8 Å². The van der Waals surface area contributed by atoms with Crippen LogP contribution >= 0.6 is 11.6 Å². The molecule has 0 bridgehead atoms. The summed E-state index contributed by atoms with van der Waals surface area (Å²) in [6.07, 6.45) is 7.48. The van der Waals surface area contributed by atoms with E-state index in [0.717, 1.165) is 56.6 Å².